The molecule has 0 radical (unpaired) electrons. The van der Waals surface area contributed by atoms with Gasteiger partial charge >= 0.3 is 6.03 Å². The highest BCUT2D eigenvalue weighted by atomic mass is 19.1. The maximum Gasteiger partial charge on any atom is 0.317 e. The number of carbonyl (C=O) groups excluding carboxylic acids is 2. The molecule has 1 aromatic rings. The number of amides is 3. The molecule has 3 amide bonds. The fourth-order valence-electron chi connectivity index (χ4n) is 6.05. The van der Waals surface area contributed by atoms with Gasteiger partial charge in [0.25, 0.3) is 0 Å². The Morgan fingerprint density at radius 3 is 2.49 bits per heavy atom. The van der Waals surface area contributed by atoms with Crippen molar-refractivity contribution in [1.29, 1.82) is 0 Å². The molecule has 3 fully saturated rings. The summed E-state index contributed by atoms with van der Waals surface area (Å²) in [4.78, 5) is 29.8. The highest BCUT2D eigenvalue weighted by molar-refractivity contribution is 5.81. The zero-order chi connectivity index (χ0) is 24.9. The average molecular weight is 490 g/mol. The van der Waals surface area contributed by atoms with Crippen molar-refractivity contribution in [1.82, 2.24) is 25.8 Å². The molecule has 1 aliphatic carbocycles. The lowest BCUT2D eigenvalue weighted by Gasteiger charge is -2.37. The van der Waals surface area contributed by atoms with Gasteiger partial charge in [0.1, 0.15) is 17.7 Å². The molecule has 0 bridgehead atoms. The van der Waals surface area contributed by atoms with Crippen molar-refractivity contribution in [2.45, 2.75) is 75.7 Å². The number of benzene rings is 1. The standard InChI is InChI=1S/C26H40FN5O3/c1-17(28-2)25(33)30-21(18-7-5-4-6-8-18)15-31-14-13-22-24(31)23(16-32(22)26(34)29-3)35-20-11-9-19(27)10-12-20/h9-12,17-18,21-24,28H,4-8,13-16H2,1-3H3,(H,29,34)(H,30,33). The van der Waals surface area contributed by atoms with Crippen LogP contribution in [0.3, 0.4) is 0 Å². The Hall–Kier alpha value is -2.39. The minimum atomic E-state index is -0.307. The maximum atomic E-state index is 13.4. The number of hydrogen-bond acceptors (Lipinski definition) is 5. The Morgan fingerprint density at radius 2 is 1.83 bits per heavy atom. The van der Waals surface area contributed by atoms with Crippen LogP contribution in [-0.2, 0) is 4.79 Å². The van der Waals surface area contributed by atoms with Crippen LogP contribution in [0, 0.1) is 11.7 Å². The van der Waals surface area contributed by atoms with Crippen LogP contribution in [0.4, 0.5) is 9.18 Å². The highest BCUT2D eigenvalue weighted by Crippen LogP contribution is 2.36. The molecule has 1 saturated carbocycles. The Bertz CT molecular complexity index is 863. The highest BCUT2D eigenvalue weighted by Gasteiger charge is 2.52. The van der Waals surface area contributed by atoms with Crippen molar-refractivity contribution in [2.75, 3.05) is 33.7 Å². The first-order valence-electron chi connectivity index (χ1n) is 13.0. The largest absolute Gasteiger partial charge is 0.487 e. The third kappa shape index (κ3) is 5.89. The van der Waals surface area contributed by atoms with Crippen LogP contribution < -0.4 is 20.7 Å². The van der Waals surface area contributed by atoms with E-state index in [4.69, 9.17) is 4.74 Å². The van der Waals surface area contributed by atoms with E-state index < -0.39 is 0 Å². The molecule has 1 aromatic carbocycles. The first-order chi connectivity index (χ1) is 16.9. The maximum absolute atomic E-state index is 13.4. The molecule has 2 heterocycles. The number of likely N-dealkylation sites (N-methyl/N-ethyl adjacent to an activating group) is 1. The number of ether oxygens (including phenoxy) is 1. The zero-order valence-corrected chi connectivity index (χ0v) is 21.1. The van der Waals surface area contributed by atoms with Gasteiger partial charge in [0.15, 0.2) is 0 Å². The van der Waals surface area contributed by atoms with Gasteiger partial charge in [0.2, 0.25) is 5.91 Å². The van der Waals surface area contributed by atoms with Gasteiger partial charge in [-0.1, -0.05) is 19.3 Å². The molecule has 3 N–H and O–H groups in total. The Kier molecular flexibility index (Phi) is 8.49. The smallest absolute Gasteiger partial charge is 0.317 e. The molecular formula is C26H40FN5O3. The number of carbonyl (C=O) groups is 2. The number of hydrogen-bond donors (Lipinski definition) is 3. The fourth-order valence-corrected chi connectivity index (χ4v) is 6.05. The van der Waals surface area contributed by atoms with E-state index in [1.54, 1.807) is 26.2 Å². The number of likely N-dealkylation sites (tertiary alicyclic amines) is 2. The Morgan fingerprint density at radius 1 is 1.11 bits per heavy atom. The minimum Gasteiger partial charge on any atom is -0.487 e. The molecule has 5 atom stereocenters. The predicted molar refractivity (Wildman–Crippen MR) is 133 cm³/mol. The molecule has 8 nitrogen and oxygen atoms in total. The van der Waals surface area contributed by atoms with Gasteiger partial charge in [-0.25, -0.2) is 9.18 Å². The first-order valence-corrected chi connectivity index (χ1v) is 13.0. The summed E-state index contributed by atoms with van der Waals surface area (Å²) < 4.78 is 19.8. The lowest BCUT2D eigenvalue weighted by molar-refractivity contribution is -0.124. The van der Waals surface area contributed by atoms with Crippen LogP contribution in [0.5, 0.6) is 5.75 Å². The van der Waals surface area contributed by atoms with Crippen molar-refractivity contribution in [3.63, 3.8) is 0 Å². The van der Waals surface area contributed by atoms with Crippen molar-refractivity contribution in [3.05, 3.63) is 30.1 Å². The van der Waals surface area contributed by atoms with E-state index in [2.05, 4.69) is 20.9 Å². The van der Waals surface area contributed by atoms with Gasteiger partial charge < -0.3 is 25.6 Å². The molecule has 2 aliphatic heterocycles. The molecule has 2 saturated heterocycles. The molecule has 4 rings (SSSR count). The van der Waals surface area contributed by atoms with E-state index in [1.807, 2.05) is 11.8 Å². The van der Waals surface area contributed by atoms with Crippen molar-refractivity contribution < 1.29 is 18.7 Å². The Labute approximate surface area is 207 Å². The van der Waals surface area contributed by atoms with Crippen LogP contribution in [0.1, 0.15) is 45.4 Å². The minimum absolute atomic E-state index is 0.0158. The Balaban J connectivity index is 1.53. The summed E-state index contributed by atoms with van der Waals surface area (Å²) >= 11 is 0. The SMILES string of the molecule is CNC(=O)N1CC(Oc2ccc(F)cc2)C2C1CCN2CC(NC(=O)C(C)NC)C1CCCCC1. The quantitative estimate of drug-likeness (QED) is 0.522. The zero-order valence-electron chi connectivity index (χ0n) is 21.1. The van der Waals surface area contributed by atoms with E-state index in [0.29, 0.717) is 18.2 Å². The summed E-state index contributed by atoms with van der Waals surface area (Å²) in [6.45, 7) is 3.93. The third-order valence-corrected chi connectivity index (χ3v) is 8.07. The van der Waals surface area contributed by atoms with E-state index >= 15 is 0 Å². The second-order valence-electron chi connectivity index (χ2n) is 10.2. The number of rotatable bonds is 8. The van der Waals surface area contributed by atoms with E-state index in [9.17, 15) is 14.0 Å². The summed E-state index contributed by atoms with van der Waals surface area (Å²) in [5.74, 6) is 0.763. The summed E-state index contributed by atoms with van der Waals surface area (Å²) in [5.41, 5.74) is 0. The van der Waals surface area contributed by atoms with Gasteiger partial charge in [-0.2, -0.15) is 0 Å². The number of urea groups is 1. The lowest BCUT2D eigenvalue weighted by Crippen LogP contribution is -2.55. The number of nitrogens with one attached hydrogen (secondary N) is 3. The van der Waals surface area contributed by atoms with Crippen LogP contribution >= 0.6 is 0 Å². The van der Waals surface area contributed by atoms with Crippen LogP contribution in [0.25, 0.3) is 0 Å². The average Bonchev–Trinajstić information content (AvgIpc) is 3.45. The molecular weight excluding hydrogens is 449 g/mol. The van der Waals surface area contributed by atoms with Crippen molar-refractivity contribution in [2.24, 2.45) is 5.92 Å². The fraction of sp³-hybridized carbons (Fsp3) is 0.692. The van der Waals surface area contributed by atoms with Crippen molar-refractivity contribution in [3.8, 4) is 5.75 Å². The summed E-state index contributed by atoms with van der Waals surface area (Å²) in [6.07, 6.45) is 6.54. The molecule has 0 aromatic heterocycles. The van der Waals surface area contributed by atoms with E-state index in [1.165, 1.54) is 31.4 Å². The summed E-state index contributed by atoms with van der Waals surface area (Å²) in [5, 5.41) is 9.15. The summed E-state index contributed by atoms with van der Waals surface area (Å²) in [7, 11) is 3.45. The number of nitrogens with zero attached hydrogens (tertiary/aromatic N) is 2. The number of halogens is 1. The topological polar surface area (TPSA) is 85.9 Å². The van der Waals surface area contributed by atoms with Gasteiger partial charge in [0, 0.05) is 26.2 Å². The molecule has 5 unspecified atom stereocenters. The van der Waals surface area contributed by atoms with Crippen LogP contribution in [0.15, 0.2) is 24.3 Å². The van der Waals surface area contributed by atoms with Crippen molar-refractivity contribution >= 4 is 11.9 Å². The molecule has 194 valence electrons. The first kappa shape index (κ1) is 25.7. The van der Waals surface area contributed by atoms with Crippen LogP contribution in [-0.4, -0.2) is 85.7 Å². The molecule has 3 aliphatic rings. The number of fused-ring (bicyclic) bond motifs is 1. The van der Waals surface area contributed by atoms with E-state index in [0.717, 1.165) is 32.4 Å². The van der Waals surface area contributed by atoms with Gasteiger partial charge in [-0.3, -0.25) is 9.69 Å². The van der Waals surface area contributed by atoms with Crippen LogP contribution in [0.2, 0.25) is 0 Å². The van der Waals surface area contributed by atoms with Gasteiger partial charge in [-0.15, -0.1) is 0 Å². The van der Waals surface area contributed by atoms with Gasteiger partial charge in [-0.05, 0) is 63.4 Å². The molecule has 35 heavy (non-hydrogen) atoms. The summed E-state index contributed by atoms with van der Waals surface area (Å²) in [6, 6.07) is 5.81. The molecule has 0 spiro atoms. The third-order valence-electron chi connectivity index (χ3n) is 8.07. The monoisotopic (exact) mass is 489 g/mol. The van der Waals surface area contributed by atoms with Gasteiger partial charge in [0.05, 0.1) is 24.7 Å². The second kappa shape index (κ2) is 11.6. The van der Waals surface area contributed by atoms with E-state index in [-0.39, 0.29) is 48.0 Å². The predicted octanol–water partition coefficient (Wildman–Crippen LogP) is 2.34. The second-order valence-corrected chi connectivity index (χ2v) is 10.2. The lowest BCUT2D eigenvalue weighted by atomic mass is 9.83. The molecule has 9 heteroatoms. The normalized spacial score (nSPS) is 26.7.